The minimum atomic E-state index is -0.433. The highest BCUT2D eigenvalue weighted by atomic mass is 32.2. The summed E-state index contributed by atoms with van der Waals surface area (Å²) in [6, 6.07) is 21.1. The molecule has 4 heteroatoms. The molecule has 1 atom stereocenters. The van der Waals surface area contributed by atoms with Crippen molar-refractivity contribution in [2.75, 3.05) is 0 Å². The average Bonchev–Trinajstić information content (AvgIpc) is 2.74. The zero-order valence-electron chi connectivity index (χ0n) is 15.7. The number of hydrogen-bond donors (Lipinski definition) is 1. The molecule has 0 bridgehead atoms. The first-order chi connectivity index (χ1) is 13.7. The molecule has 0 radical (unpaired) electrons. The van der Waals surface area contributed by atoms with Crippen molar-refractivity contribution in [2.45, 2.75) is 42.2 Å². The van der Waals surface area contributed by atoms with E-state index in [2.05, 4.69) is 12.1 Å². The van der Waals surface area contributed by atoms with Gasteiger partial charge in [0.2, 0.25) is 0 Å². The lowest BCUT2D eigenvalue weighted by Gasteiger charge is -2.30. The number of hydrogen-bond acceptors (Lipinski definition) is 4. The Hall–Kier alpha value is -2.46. The Labute approximate surface area is 169 Å². The molecular weight excluding hydrogens is 368 g/mol. The van der Waals surface area contributed by atoms with Gasteiger partial charge in [0.25, 0.3) is 0 Å². The lowest BCUT2D eigenvalue weighted by molar-refractivity contribution is 0.339. The first kappa shape index (κ1) is 18.9. The lowest BCUT2D eigenvalue weighted by Crippen LogP contribution is -2.20. The van der Waals surface area contributed by atoms with Crippen molar-refractivity contribution in [3.8, 4) is 17.1 Å². The Kier molecular flexibility index (Phi) is 5.87. The molecule has 3 aromatic rings. The van der Waals surface area contributed by atoms with Gasteiger partial charge in [0.05, 0.1) is 5.56 Å². The summed E-state index contributed by atoms with van der Waals surface area (Å²) in [5.41, 5.74) is 0.754. The third-order valence-electron chi connectivity index (χ3n) is 5.39. The van der Waals surface area contributed by atoms with Gasteiger partial charge in [-0.25, -0.2) is 4.79 Å². The van der Waals surface area contributed by atoms with Gasteiger partial charge in [-0.3, -0.25) is 0 Å². The summed E-state index contributed by atoms with van der Waals surface area (Å²) in [6.07, 6.45) is 5.73. The van der Waals surface area contributed by atoms with Crippen LogP contribution in [0.15, 0.2) is 80.8 Å². The van der Waals surface area contributed by atoms with Gasteiger partial charge in [-0.15, -0.1) is 11.8 Å². The molecule has 1 heterocycles. The number of thioether (sulfide) groups is 1. The summed E-state index contributed by atoms with van der Waals surface area (Å²) in [7, 11) is 0. The summed E-state index contributed by atoms with van der Waals surface area (Å²) in [5.74, 6) is 0.795. The van der Waals surface area contributed by atoms with Crippen LogP contribution in [0.25, 0.3) is 11.3 Å². The maximum Gasteiger partial charge on any atom is 0.344 e. The Morgan fingerprint density at radius 2 is 1.57 bits per heavy atom. The molecule has 2 aromatic carbocycles. The van der Waals surface area contributed by atoms with Crippen LogP contribution < -0.4 is 5.63 Å². The van der Waals surface area contributed by atoms with Crippen LogP contribution in [-0.2, 0) is 0 Å². The Balaban J connectivity index is 1.74. The van der Waals surface area contributed by atoms with Crippen molar-refractivity contribution in [3.63, 3.8) is 0 Å². The standard InChI is InChI=1S/C24H24O3S/c25-20-16-21(17-10-4-1-5-11-17)27-24(26)22(20)23(18-12-6-2-7-13-18)28-19-14-8-3-9-15-19/h1,3-5,8-11,14-16,18,23,25H,2,6-7,12-13H2. The first-order valence-corrected chi connectivity index (χ1v) is 10.7. The lowest BCUT2D eigenvalue weighted by atomic mass is 9.84. The molecule has 1 aliphatic rings. The number of benzene rings is 2. The van der Waals surface area contributed by atoms with E-state index in [1.54, 1.807) is 17.8 Å². The topological polar surface area (TPSA) is 50.4 Å². The fourth-order valence-electron chi connectivity index (χ4n) is 3.97. The Morgan fingerprint density at radius 1 is 0.929 bits per heavy atom. The zero-order valence-corrected chi connectivity index (χ0v) is 16.5. The summed E-state index contributed by atoms with van der Waals surface area (Å²) >= 11 is 1.66. The molecule has 1 unspecified atom stereocenters. The van der Waals surface area contributed by atoms with Crippen LogP contribution in [0.4, 0.5) is 0 Å². The van der Waals surface area contributed by atoms with E-state index in [9.17, 15) is 9.90 Å². The first-order valence-electron chi connectivity index (χ1n) is 9.86. The smallest absolute Gasteiger partial charge is 0.344 e. The van der Waals surface area contributed by atoms with Crippen molar-refractivity contribution in [3.05, 3.63) is 82.7 Å². The van der Waals surface area contributed by atoms with Gasteiger partial charge in [-0.1, -0.05) is 67.8 Å². The molecule has 1 aliphatic carbocycles. The van der Waals surface area contributed by atoms with Crippen LogP contribution in [0, 0.1) is 5.92 Å². The highest BCUT2D eigenvalue weighted by Crippen LogP contribution is 2.47. The van der Waals surface area contributed by atoms with Gasteiger partial charge in [0.15, 0.2) is 0 Å². The molecule has 1 aromatic heterocycles. The second kappa shape index (κ2) is 8.70. The summed E-state index contributed by atoms with van der Waals surface area (Å²) in [5, 5.41) is 10.7. The largest absolute Gasteiger partial charge is 0.507 e. The minimum absolute atomic E-state index is 0.0362. The summed E-state index contributed by atoms with van der Waals surface area (Å²) < 4.78 is 5.66. The van der Waals surface area contributed by atoms with Crippen LogP contribution in [-0.4, -0.2) is 5.11 Å². The van der Waals surface area contributed by atoms with Crippen LogP contribution in [0.1, 0.15) is 42.9 Å². The molecular formula is C24H24O3S. The summed E-state index contributed by atoms with van der Waals surface area (Å²) in [4.78, 5) is 14.1. The van der Waals surface area contributed by atoms with E-state index in [-0.39, 0.29) is 11.0 Å². The molecule has 0 aliphatic heterocycles. The highest BCUT2D eigenvalue weighted by molar-refractivity contribution is 7.99. The van der Waals surface area contributed by atoms with E-state index in [4.69, 9.17) is 4.42 Å². The third kappa shape index (κ3) is 4.17. The van der Waals surface area contributed by atoms with Crippen molar-refractivity contribution in [2.24, 2.45) is 5.92 Å². The molecule has 4 rings (SSSR count). The fraction of sp³-hybridized carbons (Fsp3) is 0.292. The molecule has 28 heavy (non-hydrogen) atoms. The predicted molar refractivity (Wildman–Crippen MR) is 114 cm³/mol. The van der Waals surface area contributed by atoms with Crippen LogP contribution in [0.3, 0.4) is 0 Å². The SMILES string of the molecule is O=c1oc(-c2ccccc2)cc(O)c1C(Sc1ccccc1)C1CCCCC1. The molecule has 0 spiro atoms. The Bertz CT molecular complexity index is 960. The third-order valence-corrected chi connectivity index (χ3v) is 6.81. The predicted octanol–water partition coefficient (Wildman–Crippen LogP) is 6.43. The monoisotopic (exact) mass is 392 g/mol. The van der Waals surface area contributed by atoms with E-state index in [1.165, 1.54) is 19.3 Å². The average molecular weight is 393 g/mol. The number of rotatable bonds is 5. The molecule has 3 nitrogen and oxygen atoms in total. The van der Waals surface area contributed by atoms with Crippen molar-refractivity contribution in [1.29, 1.82) is 0 Å². The van der Waals surface area contributed by atoms with Crippen molar-refractivity contribution >= 4 is 11.8 Å². The van der Waals surface area contributed by atoms with E-state index >= 15 is 0 Å². The second-order valence-electron chi connectivity index (χ2n) is 7.31. The second-order valence-corrected chi connectivity index (χ2v) is 8.53. The zero-order chi connectivity index (χ0) is 19.3. The van der Waals surface area contributed by atoms with Crippen molar-refractivity contribution in [1.82, 2.24) is 0 Å². The Morgan fingerprint density at radius 3 is 2.21 bits per heavy atom. The minimum Gasteiger partial charge on any atom is -0.507 e. The fourth-order valence-corrected chi connectivity index (χ4v) is 5.38. The van der Waals surface area contributed by atoms with Crippen LogP contribution >= 0.6 is 11.8 Å². The molecule has 0 saturated heterocycles. The van der Waals surface area contributed by atoms with Gasteiger partial charge in [0, 0.05) is 21.8 Å². The van der Waals surface area contributed by atoms with E-state index in [0.29, 0.717) is 17.2 Å². The van der Waals surface area contributed by atoms with E-state index in [1.807, 2.05) is 48.5 Å². The highest BCUT2D eigenvalue weighted by Gasteiger charge is 2.31. The molecule has 1 fully saturated rings. The number of aromatic hydroxyl groups is 1. The molecule has 1 N–H and O–H groups in total. The van der Waals surface area contributed by atoms with Crippen LogP contribution in [0.2, 0.25) is 0 Å². The summed E-state index contributed by atoms with van der Waals surface area (Å²) in [6.45, 7) is 0. The van der Waals surface area contributed by atoms with E-state index in [0.717, 1.165) is 23.3 Å². The van der Waals surface area contributed by atoms with Gasteiger partial charge in [0.1, 0.15) is 11.5 Å². The quantitative estimate of drug-likeness (QED) is 0.509. The normalized spacial score (nSPS) is 16.0. The van der Waals surface area contributed by atoms with Crippen LogP contribution in [0.5, 0.6) is 5.75 Å². The van der Waals surface area contributed by atoms with Gasteiger partial charge in [-0.2, -0.15) is 0 Å². The van der Waals surface area contributed by atoms with E-state index < -0.39 is 5.63 Å². The van der Waals surface area contributed by atoms with Gasteiger partial charge >= 0.3 is 5.63 Å². The van der Waals surface area contributed by atoms with Gasteiger partial charge < -0.3 is 9.52 Å². The molecule has 1 saturated carbocycles. The molecule has 144 valence electrons. The van der Waals surface area contributed by atoms with Gasteiger partial charge in [-0.05, 0) is 30.9 Å². The molecule has 0 amide bonds. The maximum atomic E-state index is 13.0. The maximum absolute atomic E-state index is 13.0. The van der Waals surface area contributed by atoms with Crippen molar-refractivity contribution < 1.29 is 9.52 Å².